The van der Waals surface area contributed by atoms with Crippen LogP contribution < -0.4 is 14.2 Å². The molecule has 1 rings (SSSR count). The van der Waals surface area contributed by atoms with Gasteiger partial charge in [-0.2, -0.15) is 4.40 Å². The summed E-state index contributed by atoms with van der Waals surface area (Å²) in [7, 11) is 3.55. The van der Waals surface area contributed by atoms with Crippen molar-refractivity contribution in [3.05, 3.63) is 17.7 Å². The number of aryl methyl sites for hydroxylation is 1. The van der Waals surface area contributed by atoms with Crippen LogP contribution in [0.15, 0.2) is 16.5 Å². The SMILES string of the molecule is COc1cc(CC/C=N/S(=O)C(C)(C)C)cc(OC)c1OC. The summed E-state index contributed by atoms with van der Waals surface area (Å²) in [4.78, 5) is 0. The summed E-state index contributed by atoms with van der Waals surface area (Å²) in [5, 5.41) is 0. The van der Waals surface area contributed by atoms with Crippen LogP contribution in [0.5, 0.6) is 17.2 Å². The molecule has 0 amide bonds. The van der Waals surface area contributed by atoms with Gasteiger partial charge in [-0.1, -0.05) is 0 Å². The van der Waals surface area contributed by atoms with E-state index in [2.05, 4.69) is 4.40 Å². The number of benzene rings is 1. The van der Waals surface area contributed by atoms with Gasteiger partial charge in [-0.25, -0.2) is 4.21 Å². The Labute approximate surface area is 135 Å². The van der Waals surface area contributed by atoms with Gasteiger partial charge in [-0.05, 0) is 51.3 Å². The maximum absolute atomic E-state index is 11.8. The zero-order valence-corrected chi connectivity index (χ0v) is 15.0. The molecule has 0 radical (unpaired) electrons. The molecule has 0 aromatic heterocycles. The van der Waals surface area contributed by atoms with E-state index < -0.39 is 11.0 Å². The Morgan fingerprint density at radius 3 is 2.05 bits per heavy atom. The molecule has 0 bridgehead atoms. The molecule has 124 valence electrons. The smallest absolute Gasteiger partial charge is 0.203 e. The first-order valence-corrected chi connectivity index (χ1v) is 8.17. The van der Waals surface area contributed by atoms with Crippen LogP contribution in [0.3, 0.4) is 0 Å². The molecule has 0 spiro atoms. The lowest BCUT2D eigenvalue weighted by Crippen LogP contribution is -2.19. The van der Waals surface area contributed by atoms with Gasteiger partial charge >= 0.3 is 0 Å². The third kappa shape index (κ3) is 5.02. The predicted octanol–water partition coefficient (Wildman–Crippen LogP) is 3.18. The molecule has 0 heterocycles. The minimum atomic E-state index is -1.21. The molecule has 1 unspecified atom stereocenters. The van der Waals surface area contributed by atoms with Gasteiger partial charge in [0.2, 0.25) is 5.75 Å². The van der Waals surface area contributed by atoms with E-state index in [9.17, 15) is 4.21 Å². The van der Waals surface area contributed by atoms with Crippen molar-refractivity contribution >= 4 is 17.2 Å². The largest absolute Gasteiger partial charge is 0.493 e. The average molecular weight is 327 g/mol. The van der Waals surface area contributed by atoms with Crippen molar-refractivity contribution in [3.63, 3.8) is 0 Å². The number of nitrogens with zero attached hydrogens (tertiary/aromatic N) is 1. The molecule has 0 aliphatic heterocycles. The summed E-state index contributed by atoms with van der Waals surface area (Å²) in [6, 6.07) is 3.83. The van der Waals surface area contributed by atoms with Gasteiger partial charge in [0.25, 0.3) is 0 Å². The molecular formula is C16H25NO4S. The second-order valence-electron chi connectivity index (χ2n) is 5.72. The second kappa shape index (κ2) is 8.17. The van der Waals surface area contributed by atoms with Crippen LogP contribution in [-0.4, -0.2) is 36.5 Å². The zero-order chi connectivity index (χ0) is 16.8. The van der Waals surface area contributed by atoms with Gasteiger partial charge in [-0.3, -0.25) is 0 Å². The van der Waals surface area contributed by atoms with Crippen LogP contribution in [0.2, 0.25) is 0 Å². The molecule has 5 nitrogen and oxygen atoms in total. The molecule has 0 saturated heterocycles. The van der Waals surface area contributed by atoms with E-state index in [-0.39, 0.29) is 4.75 Å². The number of rotatable bonds is 7. The summed E-state index contributed by atoms with van der Waals surface area (Å²) in [6.07, 6.45) is 3.16. The first kappa shape index (κ1) is 18.5. The topological polar surface area (TPSA) is 57.1 Å². The highest BCUT2D eigenvalue weighted by atomic mass is 32.2. The fourth-order valence-corrected chi connectivity index (χ4v) is 2.35. The van der Waals surface area contributed by atoms with Crippen LogP contribution >= 0.6 is 0 Å². The number of ether oxygens (including phenoxy) is 3. The Kier molecular flexibility index (Phi) is 6.87. The van der Waals surface area contributed by atoms with Crippen molar-refractivity contribution in [3.8, 4) is 17.2 Å². The zero-order valence-electron chi connectivity index (χ0n) is 14.1. The highest BCUT2D eigenvalue weighted by Gasteiger charge is 2.18. The number of hydrogen-bond acceptors (Lipinski definition) is 4. The average Bonchev–Trinajstić information content (AvgIpc) is 2.49. The van der Waals surface area contributed by atoms with Gasteiger partial charge < -0.3 is 14.2 Å². The second-order valence-corrected chi connectivity index (χ2v) is 7.66. The highest BCUT2D eigenvalue weighted by molar-refractivity contribution is 7.85. The predicted molar refractivity (Wildman–Crippen MR) is 90.8 cm³/mol. The third-order valence-corrected chi connectivity index (χ3v) is 4.37. The Morgan fingerprint density at radius 2 is 1.64 bits per heavy atom. The normalized spacial score (nSPS) is 13.2. The van der Waals surface area contributed by atoms with Crippen LogP contribution in [0.4, 0.5) is 0 Å². The first-order valence-electron chi connectivity index (χ1n) is 7.07. The van der Waals surface area contributed by atoms with E-state index in [1.165, 1.54) is 0 Å². The minimum Gasteiger partial charge on any atom is -0.493 e. The van der Waals surface area contributed by atoms with Gasteiger partial charge in [-0.15, -0.1) is 0 Å². The fraction of sp³-hybridized carbons (Fsp3) is 0.562. The Balaban J connectivity index is 2.79. The quantitative estimate of drug-likeness (QED) is 0.722. The summed E-state index contributed by atoms with van der Waals surface area (Å²) < 4.78 is 31.5. The molecule has 1 aromatic carbocycles. The molecule has 0 aliphatic rings. The Hall–Kier alpha value is -1.56. The molecule has 22 heavy (non-hydrogen) atoms. The number of hydrogen-bond donors (Lipinski definition) is 0. The molecule has 6 heteroatoms. The van der Waals surface area contributed by atoms with Crippen LogP contribution in [0.1, 0.15) is 32.8 Å². The van der Waals surface area contributed by atoms with Crippen molar-refractivity contribution in [1.82, 2.24) is 0 Å². The molecular weight excluding hydrogens is 302 g/mol. The summed E-state index contributed by atoms with van der Waals surface area (Å²) in [5.74, 6) is 1.84. The van der Waals surface area contributed by atoms with Gasteiger partial charge in [0.1, 0.15) is 11.0 Å². The lowest BCUT2D eigenvalue weighted by Gasteiger charge is -2.14. The van der Waals surface area contributed by atoms with Gasteiger partial charge in [0, 0.05) is 6.21 Å². The van der Waals surface area contributed by atoms with Crippen molar-refractivity contribution in [2.24, 2.45) is 4.40 Å². The lowest BCUT2D eigenvalue weighted by atomic mass is 10.1. The summed E-state index contributed by atoms with van der Waals surface area (Å²) in [5.41, 5.74) is 1.04. The molecule has 1 aromatic rings. The Morgan fingerprint density at radius 1 is 1.09 bits per heavy atom. The van der Waals surface area contributed by atoms with Crippen molar-refractivity contribution in [2.45, 2.75) is 38.4 Å². The molecule has 0 fully saturated rings. The Bertz CT molecular complexity index is 525. The number of methoxy groups -OCH3 is 3. The maximum Gasteiger partial charge on any atom is 0.203 e. The van der Waals surface area contributed by atoms with E-state index in [0.717, 1.165) is 12.0 Å². The molecule has 0 N–H and O–H groups in total. The van der Waals surface area contributed by atoms with E-state index in [0.29, 0.717) is 23.7 Å². The molecule has 0 aliphatic carbocycles. The van der Waals surface area contributed by atoms with E-state index in [1.54, 1.807) is 27.5 Å². The first-order chi connectivity index (χ1) is 10.3. The van der Waals surface area contributed by atoms with Crippen molar-refractivity contribution in [2.75, 3.05) is 21.3 Å². The van der Waals surface area contributed by atoms with Gasteiger partial charge in [0.05, 0.1) is 26.1 Å². The third-order valence-electron chi connectivity index (χ3n) is 2.98. The summed E-state index contributed by atoms with van der Waals surface area (Å²) >= 11 is 0. The van der Waals surface area contributed by atoms with E-state index >= 15 is 0 Å². The highest BCUT2D eigenvalue weighted by Crippen LogP contribution is 2.38. The fourth-order valence-electron chi connectivity index (χ4n) is 1.79. The van der Waals surface area contributed by atoms with Crippen LogP contribution in [0, 0.1) is 0 Å². The minimum absolute atomic E-state index is 0.330. The maximum atomic E-state index is 11.8. The molecule has 1 atom stereocenters. The van der Waals surface area contributed by atoms with Crippen LogP contribution in [-0.2, 0) is 17.4 Å². The van der Waals surface area contributed by atoms with Crippen molar-refractivity contribution in [1.29, 1.82) is 0 Å². The molecule has 0 saturated carbocycles. The lowest BCUT2D eigenvalue weighted by molar-refractivity contribution is 0.324. The van der Waals surface area contributed by atoms with Crippen molar-refractivity contribution < 1.29 is 18.4 Å². The van der Waals surface area contributed by atoms with Crippen LogP contribution in [0.25, 0.3) is 0 Å². The summed E-state index contributed by atoms with van der Waals surface area (Å²) in [6.45, 7) is 5.71. The monoisotopic (exact) mass is 327 g/mol. The standard InChI is InChI=1S/C16H25NO4S/c1-16(2,3)22(18)17-9-7-8-12-10-13(19-4)15(21-6)14(11-12)20-5/h9-11H,7-8H2,1-6H3/b17-9+. The van der Waals surface area contributed by atoms with E-state index in [4.69, 9.17) is 14.2 Å². The van der Waals surface area contributed by atoms with E-state index in [1.807, 2.05) is 32.9 Å². The van der Waals surface area contributed by atoms with Gasteiger partial charge in [0.15, 0.2) is 11.5 Å².